The molecule has 0 aliphatic rings. The molecule has 1 aromatic heterocycles. The number of benzene rings is 1. The van der Waals surface area contributed by atoms with Crippen molar-refractivity contribution in [3.05, 3.63) is 41.7 Å². The largest absolute Gasteiger partial charge is 0.416 e. The fraction of sp³-hybridized carbons (Fsp3) is 0.357. The molecule has 0 saturated heterocycles. The third-order valence-electron chi connectivity index (χ3n) is 2.85. The first-order chi connectivity index (χ1) is 9.75. The molecule has 0 amide bonds. The van der Waals surface area contributed by atoms with Crippen LogP contribution in [0.3, 0.4) is 0 Å². The molecule has 2 aromatic rings. The van der Waals surface area contributed by atoms with Crippen LogP contribution in [0.4, 0.5) is 13.2 Å². The molecule has 3 nitrogen and oxygen atoms in total. The molecule has 1 heterocycles. The van der Waals surface area contributed by atoms with E-state index < -0.39 is 11.7 Å². The summed E-state index contributed by atoms with van der Waals surface area (Å²) in [6.07, 6.45) is -0.802. The molecule has 2 rings (SSSR count). The van der Waals surface area contributed by atoms with Gasteiger partial charge in [-0.25, -0.2) is 0 Å². The lowest BCUT2D eigenvalue weighted by Crippen LogP contribution is -2.20. The Hall–Kier alpha value is -1.47. The van der Waals surface area contributed by atoms with Crippen LogP contribution in [0, 0.1) is 0 Å². The molecular weight excluding hydrogens is 299 g/mol. The zero-order valence-electron chi connectivity index (χ0n) is 11.7. The van der Waals surface area contributed by atoms with Crippen molar-refractivity contribution >= 4 is 11.8 Å². The molecule has 1 atom stereocenters. The van der Waals surface area contributed by atoms with Crippen LogP contribution in [-0.4, -0.2) is 15.8 Å². The van der Waals surface area contributed by atoms with E-state index in [1.165, 1.54) is 23.9 Å². The number of alkyl halides is 3. The van der Waals surface area contributed by atoms with E-state index in [1.807, 2.05) is 0 Å². The van der Waals surface area contributed by atoms with Gasteiger partial charge in [-0.2, -0.15) is 18.3 Å². The van der Waals surface area contributed by atoms with Crippen molar-refractivity contribution in [2.75, 3.05) is 0 Å². The fourth-order valence-corrected chi connectivity index (χ4v) is 2.89. The Kier molecular flexibility index (Phi) is 4.63. The molecule has 21 heavy (non-hydrogen) atoms. The average Bonchev–Trinajstić information content (AvgIpc) is 2.75. The van der Waals surface area contributed by atoms with E-state index in [0.29, 0.717) is 4.90 Å². The molecule has 0 aliphatic heterocycles. The van der Waals surface area contributed by atoms with Crippen molar-refractivity contribution in [3.8, 4) is 0 Å². The second-order valence-electron chi connectivity index (χ2n) is 4.95. The van der Waals surface area contributed by atoms with E-state index in [2.05, 4.69) is 5.10 Å². The Balaban J connectivity index is 2.32. The molecule has 0 aliphatic carbocycles. The summed E-state index contributed by atoms with van der Waals surface area (Å²) in [5.74, 6) is 0. The summed E-state index contributed by atoms with van der Waals surface area (Å²) in [6.45, 7) is 1.69. The molecule has 0 spiro atoms. The van der Waals surface area contributed by atoms with Crippen molar-refractivity contribution in [2.24, 2.45) is 12.8 Å². The van der Waals surface area contributed by atoms with Gasteiger partial charge >= 0.3 is 6.18 Å². The monoisotopic (exact) mass is 315 g/mol. The minimum atomic E-state index is -4.38. The van der Waals surface area contributed by atoms with Crippen molar-refractivity contribution in [2.45, 2.75) is 35.4 Å². The Morgan fingerprint density at radius 2 is 2.05 bits per heavy atom. The van der Waals surface area contributed by atoms with Gasteiger partial charge in [-0.3, -0.25) is 4.68 Å². The van der Waals surface area contributed by atoms with E-state index in [-0.39, 0.29) is 18.0 Å². The first-order valence-electron chi connectivity index (χ1n) is 6.38. The van der Waals surface area contributed by atoms with Gasteiger partial charge in [0, 0.05) is 24.2 Å². The topological polar surface area (TPSA) is 43.8 Å². The Labute approximate surface area is 125 Å². The first kappa shape index (κ1) is 15.9. The number of halogens is 3. The van der Waals surface area contributed by atoms with Crippen LogP contribution >= 0.6 is 11.8 Å². The zero-order valence-corrected chi connectivity index (χ0v) is 12.5. The highest BCUT2D eigenvalue weighted by Gasteiger charge is 2.33. The number of hydrogen-bond donors (Lipinski definition) is 1. The molecule has 0 bridgehead atoms. The Morgan fingerprint density at radius 3 is 2.57 bits per heavy atom. The van der Waals surface area contributed by atoms with Crippen LogP contribution in [0.2, 0.25) is 0 Å². The Morgan fingerprint density at radius 1 is 1.33 bits per heavy atom. The fourth-order valence-electron chi connectivity index (χ4n) is 2.00. The summed E-state index contributed by atoms with van der Waals surface area (Å²) >= 11 is 1.25. The second kappa shape index (κ2) is 6.11. The molecule has 2 N–H and O–H groups in total. The number of hydrogen-bond acceptors (Lipinski definition) is 3. The number of aryl methyl sites for hydroxylation is 1. The normalized spacial score (nSPS) is 13.4. The van der Waals surface area contributed by atoms with Gasteiger partial charge in [-0.15, -0.1) is 0 Å². The van der Waals surface area contributed by atoms with Gasteiger partial charge in [0.05, 0.1) is 16.7 Å². The number of aromatic nitrogens is 2. The van der Waals surface area contributed by atoms with Crippen molar-refractivity contribution in [1.29, 1.82) is 0 Å². The maximum atomic E-state index is 13.2. The predicted octanol–water partition coefficient (Wildman–Crippen LogP) is 3.48. The van der Waals surface area contributed by atoms with Crippen LogP contribution < -0.4 is 5.73 Å². The van der Waals surface area contributed by atoms with Crippen LogP contribution in [0.1, 0.15) is 18.1 Å². The smallest absolute Gasteiger partial charge is 0.328 e. The highest BCUT2D eigenvalue weighted by molar-refractivity contribution is 7.99. The van der Waals surface area contributed by atoms with Crippen molar-refractivity contribution < 1.29 is 13.2 Å². The molecular formula is C14H16F3N3S. The van der Waals surface area contributed by atoms with Crippen LogP contribution in [0.15, 0.2) is 40.4 Å². The Bertz CT molecular complexity index is 620. The lowest BCUT2D eigenvalue weighted by molar-refractivity contribution is -0.138. The number of nitrogens with zero attached hydrogens (tertiary/aromatic N) is 2. The molecule has 114 valence electrons. The van der Waals surface area contributed by atoms with E-state index in [0.717, 1.165) is 4.90 Å². The summed E-state index contributed by atoms with van der Waals surface area (Å²) < 4.78 is 41.1. The molecule has 1 unspecified atom stereocenters. The first-order valence-corrected chi connectivity index (χ1v) is 7.19. The molecule has 1 aromatic carbocycles. The van der Waals surface area contributed by atoms with Gasteiger partial charge in [0.1, 0.15) is 0 Å². The van der Waals surface area contributed by atoms with Crippen LogP contribution in [0.25, 0.3) is 0 Å². The van der Waals surface area contributed by atoms with Crippen LogP contribution in [-0.2, 0) is 19.6 Å². The molecule has 0 fully saturated rings. The SMILES string of the molecule is CC(N)Cc1ccc(Sc2cnn(C)c2)cc1C(F)(F)F. The van der Waals surface area contributed by atoms with Gasteiger partial charge in [-0.05, 0) is 31.0 Å². The zero-order chi connectivity index (χ0) is 15.6. The lowest BCUT2D eigenvalue weighted by Gasteiger charge is -2.15. The minimum absolute atomic E-state index is 0.201. The summed E-state index contributed by atoms with van der Waals surface area (Å²) in [7, 11) is 1.76. The van der Waals surface area contributed by atoms with Gasteiger partial charge < -0.3 is 5.73 Å². The van der Waals surface area contributed by atoms with Gasteiger partial charge in [0.25, 0.3) is 0 Å². The highest BCUT2D eigenvalue weighted by Crippen LogP contribution is 2.37. The van der Waals surface area contributed by atoms with Gasteiger partial charge in [0.15, 0.2) is 0 Å². The predicted molar refractivity (Wildman–Crippen MR) is 76.1 cm³/mol. The average molecular weight is 315 g/mol. The lowest BCUT2D eigenvalue weighted by atomic mass is 10.0. The summed E-state index contributed by atoms with van der Waals surface area (Å²) in [5, 5.41) is 4.00. The van der Waals surface area contributed by atoms with E-state index in [4.69, 9.17) is 5.73 Å². The van der Waals surface area contributed by atoms with Crippen molar-refractivity contribution in [3.63, 3.8) is 0 Å². The molecule has 7 heteroatoms. The maximum Gasteiger partial charge on any atom is 0.416 e. The highest BCUT2D eigenvalue weighted by atomic mass is 32.2. The van der Waals surface area contributed by atoms with E-state index in [1.54, 1.807) is 37.1 Å². The van der Waals surface area contributed by atoms with E-state index in [9.17, 15) is 13.2 Å². The minimum Gasteiger partial charge on any atom is -0.328 e. The van der Waals surface area contributed by atoms with Gasteiger partial charge in [-0.1, -0.05) is 17.8 Å². The molecule has 0 saturated carbocycles. The third kappa shape index (κ3) is 4.25. The third-order valence-corrected chi connectivity index (χ3v) is 3.78. The molecule has 0 radical (unpaired) electrons. The quantitative estimate of drug-likeness (QED) is 0.939. The standard InChI is InChI=1S/C14H16F3N3S/c1-9(18)5-10-3-4-11(6-13(10)14(15,16)17)21-12-7-19-20(2)8-12/h3-4,6-9H,5,18H2,1-2H3. The van der Waals surface area contributed by atoms with Crippen molar-refractivity contribution in [1.82, 2.24) is 9.78 Å². The second-order valence-corrected chi connectivity index (χ2v) is 6.10. The summed E-state index contributed by atoms with van der Waals surface area (Å²) in [5.41, 5.74) is 5.23. The maximum absolute atomic E-state index is 13.2. The van der Waals surface area contributed by atoms with Gasteiger partial charge in [0.2, 0.25) is 0 Å². The number of nitrogens with two attached hydrogens (primary N) is 1. The summed E-state index contributed by atoms with van der Waals surface area (Å²) in [4.78, 5) is 1.33. The number of rotatable bonds is 4. The van der Waals surface area contributed by atoms with Crippen LogP contribution in [0.5, 0.6) is 0 Å². The summed E-state index contributed by atoms with van der Waals surface area (Å²) in [6, 6.07) is 4.05. The van der Waals surface area contributed by atoms with E-state index >= 15 is 0 Å².